The first-order valence-corrected chi connectivity index (χ1v) is 9.49. The van der Waals surface area contributed by atoms with E-state index in [1.807, 2.05) is 6.07 Å². The lowest BCUT2D eigenvalue weighted by atomic mass is 9.97. The fourth-order valence-corrected chi connectivity index (χ4v) is 3.73. The molecule has 4 aromatic carbocycles. The van der Waals surface area contributed by atoms with Crippen molar-refractivity contribution in [2.24, 2.45) is 0 Å². The van der Waals surface area contributed by atoms with Gasteiger partial charge >= 0.3 is 0 Å². The zero-order valence-electron chi connectivity index (χ0n) is 14.3. The third kappa shape index (κ3) is 3.46. The molecule has 0 amide bonds. The molecule has 0 aliphatic rings. The lowest BCUT2D eigenvalue weighted by Crippen LogP contribution is -2.25. The minimum Gasteiger partial charge on any atom is -0.349 e. The summed E-state index contributed by atoms with van der Waals surface area (Å²) in [6.07, 6.45) is 0. The average molecular weight is 374 g/mol. The van der Waals surface area contributed by atoms with Gasteiger partial charge in [0.2, 0.25) is 0 Å². The van der Waals surface area contributed by atoms with E-state index in [4.69, 9.17) is 12.2 Å². The van der Waals surface area contributed by atoms with E-state index in [2.05, 4.69) is 96.4 Å². The van der Waals surface area contributed by atoms with Crippen LogP contribution in [0.5, 0.6) is 0 Å². The van der Waals surface area contributed by atoms with Crippen molar-refractivity contribution in [3.63, 3.8) is 0 Å². The molecule has 0 aliphatic heterocycles. The number of hydrogen-bond acceptors (Lipinski definition) is 1. The van der Waals surface area contributed by atoms with E-state index in [-0.39, 0.29) is 0 Å². The third-order valence-electron chi connectivity index (χ3n) is 4.70. The van der Waals surface area contributed by atoms with Crippen LogP contribution in [0.15, 0.2) is 84.9 Å². The average Bonchev–Trinajstić information content (AvgIpc) is 2.68. The topological polar surface area (TPSA) is 3.24 Å². The minimum atomic E-state index is 0.617. The van der Waals surface area contributed by atoms with Crippen LogP contribution in [0.4, 0.5) is 0 Å². The van der Waals surface area contributed by atoms with Crippen LogP contribution in [-0.2, 0) is 13.1 Å². The van der Waals surface area contributed by atoms with E-state index in [9.17, 15) is 0 Å². The molecule has 0 atom stereocenters. The first-order chi connectivity index (χ1) is 12.7. The zero-order chi connectivity index (χ0) is 17.9. The molecule has 0 saturated carbocycles. The quantitative estimate of drug-likeness (QED) is 0.257. The molecule has 0 heterocycles. The van der Waals surface area contributed by atoms with Crippen LogP contribution >= 0.6 is 24.8 Å². The molecule has 0 unspecified atom stereocenters. The predicted octanol–water partition coefficient (Wildman–Crippen LogP) is 6.21. The van der Waals surface area contributed by atoms with Gasteiger partial charge in [-0.25, -0.2) is 0 Å². The molecule has 0 saturated heterocycles. The Balaban J connectivity index is 1.78. The molecule has 0 radical (unpaired) electrons. The molecule has 1 nitrogen and oxygen atoms in total. The number of thiol groups is 1. The van der Waals surface area contributed by atoms with Crippen LogP contribution in [0.25, 0.3) is 21.5 Å². The Hall–Kier alpha value is -2.36. The minimum absolute atomic E-state index is 0.617. The SMILES string of the molecule is S=C(S)N(Cc1ccccc1)Cc1cc2ccccc2c2ccccc12. The first-order valence-electron chi connectivity index (χ1n) is 8.63. The van der Waals surface area contributed by atoms with Crippen molar-refractivity contribution in [3.8, 4) is 0 Å². The van der Waals surface area contributed by atoms with Gasteiger partial charge in [-0.15, -0.1) is 12.6 Å². The summed E-state index contributed by atoms with van der Waals surface area (Å²) in [5.74, 6) is 0. The van der Waals surface area contributed by atoms with E-state index in [1.165, 1.54) is 32.7 Å². The maximum absolute atomic E-state index is 5.42. The normalized spacial score (nSPS) is 11.0. The maximum atomic E-state index is 5.42. The lowest BCUT2D eigenvalue weighted by Gasteiger charge is -2.24. The number of rotatable bonds is 4. The molecule has 128 valence electrons. The second-order valence-corrected chi connectivity index (χ2v) is 7.54. The third-order valence-corrected chi connectivity index (χ3v) is 5.24. The molecule has 4 rings (SSSR count). The highest BCUT2D eigenvalue weighted by molar-refractivity contribution is 8.10. The van der Waals surface area contributed by atoms with E-state index >= 15 is 0 Å². The summed E-state index contributed by atoms with van der Waals surface area (Å²) in [5.41, 5.74) is 2.50. The number of benzene rings is 4. The van der Waals surface area contributed by atoms with Gasteiger partial charge in [0.05, 0.1) is 0 Å². The van der Waals surface area contributed by atoms with Crippen molar-refractivity contribution in [3.05, 3.63) is 96.1 Å². The monoisotopic (exact) mass is 373 g/mol. The van der Waals surface area contributed by atoms with Crippen LogP contribution in [0.3, 0.4) is 0 Å². The highest BCUT2D eigenvalue weighted by atomic mass is 32.1. The Morgan fingerprint density at radius 3 is 2.08 bits per heavy atom. The lowest BCUT2D eigenvalue weighted by molar-refractivity contribution is 0.423. The Morgan fingerprint density at radius 2 is 1.35 bits per heavy atom. The fourth-order valence-electron chi connectivity index (χ4n) is 3.46. The van der Waals surface area contributed by atoms with Crippen molar-refractivity contribution in [2.75, 3.05) is 0 Å². The molecule has 0 bridgehead atoms. The number of hydrogen-bond donors (Lipinski definition) is 1. The van der Waals surface area contributed by atoms with Crippen LogP contribution < -0.4 is 0 Å². The first kappa shape index (κ1) is 17.1. The molecule has 4 aromatic rings. The van der Waals surface area contributed by atoms with Gasteiger partial charge in [0.15, 0.2) is 0 Å². The number of fused-ring (bicyclic) bond motifs is 3. The van der Waals surface area contributed by atoms with Gasteiger partial charge in [-0.3, -0.25) is 0 Å². The van der Waals surface area contributed by atoms with Crippen LogP contribution in [0.2, 0.25) is 0 Å². The summed E-state index contributed by atoms with van der Waals surface area (Å²) >= 11 is 9.90. The van der Waals surface area contributed by atoms with Crippen LogP contribution in [0, 0.1) is 0 Å². The Morgan fingerprint density at radius 1 is 0.731 bits per heavy atom. The summed E-state index contributed by atoms with van der Waals surface area (Å²) in [6.45, 7) is 1.49. The van der Waals surface area contributed by atoms with Crippen molar-refractivity contribution in [1.82, 2.24) is 4.90 Å². The highest BCUT2D eigenvalue weighted by Crippen LogP contribution is 2.30. The van der Waals surface area contributed by atoms with Gasteiger partial charge in [0.1, 0.15) is 4.32 Å². The van der Waals surface area contributed by atoms with E-state index in [1.54, 1.807) is 0 Å². The highest BCUT2D eigenvalue weighted by Gasteiger charge is 2.12. The summed E-state index contributed by atoms with van der Waals surface area (Å²) in [4.78, 5) is 2.14. The van der Waals surface area contributed by atoms with Crippen LogP contribution in [0.1, 0.15) is 11.1 Å². The molecule has 0 aliphatic carbocycles. The van der Waals surface area contributed by atoms with Crippen molar-refractivity contribution in [2.45, 2.75) is 13.1 Å². The van der Waals surface area contributed by atoms with Gasteiger partial charge in [0.25, 0.3) is 0 Å². The Bertz CT molecular complexity index is 1070. The van der Waals surface area contributed by atoms with Crippen LogP contribution in [-0.4, -0.2) is 9.22 Å². The van der Waals surface area contributed by atoms with E-state index < -0.39 is 0 Å². The van der Waals surface area contributed by atoms with Gasteiger partial charge in [-0.05, 0) is 38.7 Å². The molecule has 0 spiro atoms. The summed E-state index contributed by atoms with van der Waals surface area (Å²) in [6, 6.07) is 29.8. The second kappa shape index (κ2) is 7.48. The second-order valence-electron chi connectivity index (χ2n) is 6.43. The summed E-state index contributed by atoms with van der Waals surface area (Å²) in [5, 5.41) is 5.10. The van der Waals surface area contributed by atoms with E-state index in [0.29, 0.717) is 4.32 Å². The van der Waals surface area contributed by atoms with Gasteiger partial charge in [-0.2, -0.15) is 0 Å². The maximum Gasteiger partial charge on any atom is 0.133 e. The molecule has 26 heavy (non-hydrogen) atoms. The zero-order valence-corrected chi connectivity index (χ0v) is 16.0. The van der Waals surface area contributed by atoms with Crippen molar-refractivity contribution >= 4 is 50.7 Å². The largest absolute Gasteiger partial charge is 0.349 e. The van der Waals surface area contributed by atoms with Gasteiger partial charge < -0.3 is 4.90 Å². The molecular formula is C23H19NS2. The van der Waals surface area contributed by atoms with Gasteiger partial charge in [-0.1, -0.05) is 91.1 Å². The Labute approximate surface area is 164 Å². The molecule has 0 fully saturated rings. The van der Waals surface area contributed by atoms with Crippen molar-refractivity contribution in [1.29, 1.82) is 0 Å². The van der Waals surface area contributed by atoms with Gasteiger partial charge in [0, 0.05) is 13.1 Å². The number of thiocarbonyl (C=S) groups is 1. The molecular weight excluding hydrogens is 354 g/mol. The summed E-state index contributed by atoms with van der Waals surface area (Å²) < 4.78 is 0.617. The van der Waals surface area contributed by atoms with E-state index in [0.717, 1.165) is 13.1 Å². The Kier molecular flexibility index (Phi) is 4.91. The smallest absolute Gasteiger partial charge is 0.133 e. The fraction of sp³-hybridized carbons (Fsp3) is 0.0870. The standard InChI is InChI=1S/C23H19NS2/c25-23(26)24(15-17-8-2-1-3-9-17)16-19-14-18-10-4-5-11-20(18)22-13-7-6-12-21(19)22/h1-14H,15-16H2,(H,25,26). The molecule has 3 heteroatoms. The molecule has 0 N–H and O–H groups in total. The number of nitrogens with zero attached hydrogens (tertiary/aromatic N) is 1. The predicted molar refractivity (Wildman–Crippen MR) is 119 cm³/mol. The van der Waals surface area contributed by atoms with Crippen molar-refractivity contribution < 1.29 is 0 Å². The summed E-state index contributed by atoms with van der Waals surface area (Å²) in [7, 11) is 0. The molecule has 0 aromatic heterocycles.